The first-order chi connectivity index (χ1) is 16.0. The topological polar surface area (TPSA) is 104 Å². The number of hydrogen-bond donors (Lipinski definition) is 1. The van der Waals surface area contributed by atoms with E-state index in [0.717, 1.165) is 5.56 Å². The zero-order chi connectivity index (χ0) is 23.4. The van der Waals surface area contributed by atoms with E-state index in [9.17, 15) is 13.0 Å². The van der Waals surface area contributed by atoms with Crippen LogP contribution in [0.15, 0.2) is 41.3 Å². The van der Waals surface area contributed by atoms with Crippen LogP contribution in [0, 0.1) is 0 Å². The summed E-state index contributed by atoms with van der Waals surface area (Å²) >= 11 is 0. The van der Waals surface area contributed by atoms with Gasteiger partial charge in [0, 0.05) is 0 Å². The van der Waals surface area contributed by atoms with Gasteiger partial charge in [-0.3, -0.25) is 4.55 Å². The first-order valence-electron chi connectivity index (χ1n) is 12.1. The van der Waals surface area contributed by atoms with Gasteiger partial charge in [0.15, 0.2) is 5.75 Å². The molecule has 3 N–H and O–H groups in total. The van der Waals surface area contributed by atoms with Crippen LogP contribution in [-0.2, 0) is 10.1 Å². The van der Waals surface area contributed by atoms with Gasteiger partial charge in [-0.15, -0.1) is 0 Å². The Kier molecular flexibility index (Phi) is 9.39. The molecule has 0 saturated heterocycles. The second kappa shape index (κ2) is 11.9. The lowest BCUT2D eigenvalue weighted by molar-refractivity contribution is 0.386. The molecule has 0 bridgehead atoms. The van der Waals surface area contributed by atoms with Crippen molar-refractivity contribution in [2.24, 2.45) is 0 Å². The monoisotopic (exact) mass is 508 g/mol. The Morgan fingerprint density at radius 3 is 1.88 bits per heavy atom. The Balaban J connectivity index is 0.00000324. The fourth-order valence-corrected chi connectivity index (χ4v) is 10.3. The minimum atomic E-state index is -4.45. The first-order valence-corrected chi connectivity index (χ1v) is 15.0. The van der Waals surface area contributed by atoms with Gasteiger partial charge in [-0.2, -0.15) is 8.42 Å². The van der Waals surface area contributed by atoms with Gasteiger partial charge in [-0.1, -0.05) is 70.7 Å². The number of hydrogen-bond acceptors (Lipinski definition) is 4. The summed E-state index contributed by atoms with van der Waals surface area (Å²) in [4.78, 5) is -0.227. The molecular weight excluding hydrogens is 471 g/mol. The Morgan fingerprint density at radius 2 is 1.38 bits per heavy atom. The van der Waals surface area contributed by atoms with Crippen LogP contribution in [0.1, 0.15) is 64.2 Å². The van der Waals surface area contributed by atoms with Crippen LogP contribution in [0.4, 0.5) is 0 Å². The smallest absolute Gasteiger partial charge is 0.298 e. The molecule has 0 spiro atoms. The Hall–Kier alpha value is -1.66. The third kappa shape index (κ3) is 5.59. The van der Waals surface area contributed by atoms with Gasteiger partial charge in [0.2, 0.25) is 0 Å². The van der Waals surface area contributed by atoms with Crippen LogP contribution in [0.25, 0.3) is 11.1 Å². The summed E-state index contributed by atoms with van der Waals surface area (Å²) in [6.45, 7) is 0. The van der Waals surface area contributed by atoms with Gasteiger partial charge < -0.3 is 14.9 Å². The largest absolute Gasteiger partial charge is 0.496 e. The van der Waals surface area contributed by atoms with Crippen molar-refractivity contribution in [1.82, 2.24) is 0 Å². The lowest BCUT2D eigenvalue weighted by atomic mass is 9.99. The van der Waals surface area contributed by atoms with E-state index in [1.165, 1.54) is 82.7 Å². The van der Waals surface area contributed by atoms with Crippen LogP contribution in [0.3, 0.4) is 0 Å². The average Bonchev–Trinajstić information content (AvgIpc) is 2.84. The Bertz CT molecular complexity index is 1040. The SMILES string of the molecule is COc1ccc(S(=O)(=O)O)c(OC)c1-c1ccccc1P(C1CCCCC1)C1CCCCC1.O. The van der Waals surface area contributed by atoms with E-state index in [0.29, 0.717) is 22.6 Å². The maximum Gasteiger partial charge on any atom is 0.298 e. The number of ether oxygens (including phenoxy) is 2. The molecule has 0 radical (unpaired) electrons. The molecule has 0 heterocycles. The normalized spacial score (nSPS) is 17.9. The van der Waals surface area contributed by atoms with E-state index < -0.39 is 18.0 Å². The standard InChI is InChI=1S/C26H35O5PS.H2O/c1-30-22-17-18-24(33(27,28)29)26(31-2)25(22)21-15-9-10-16-23(21)32(19-11-5-3-6-12-19)20-13-7-4-8-14-20;/h9-10,15-20H,3-8,11-14H2,1-2H3,(H,27,28,29);1H2. The van der Waals surface area contributed by atoms with Gasteiger partial charge in [0.25, 0.3) is 10.1 Å². The quantitative estimate of drug-likeness (QED) is 0.389. The molecule has 0 amide bonds. The summed E-state index contributed by atoms with van der Waals surface area (Å²) < 4.78 is 45.5. The van der Waals surface area contributed by atoms with Crippen LogP contribution in [-0.4, -0.2) is 44.0 Å². The number of rotatable bonds is 7. The summed E-state index contributed by atoms with van der Waals surface area (Å²) in [6.07, 6.45) is 12.9. The molecule has 0 aromatic heterocycles. The van der Waals surface area contributed by atoms with E-state index in [2.05, 4.69) is 18.2 Å². The molecule has 6 nitrogen and oxygen atoms in total. The summed E-state index contributed by atoms with van der Waals surface area (Å²) in [5, 5.41) is 1.32. The molecular formula is C26H37O6PS. The summed E-state index contributed by atoms with van der Waals surface area (Å²) in [6, 6.07) is 11.4. The predicted octanol–water partition coefficient (Wildman–Crippen LogP) is 5.57. The van der Waals surface area contributed by atoms with Crippen molar-refractivity contribution in [3.05, 3.63) is 36.4 Å². The molecule has 2 aliphatic carbocycles. The van der Waals surface area contributed by atoms with E-state index in [1.807, 2.05) is 6.07 Å². The lowest BCUT2D eigenvalue weighted by Gasteiger charge is -2.39. The molecule has 2 aliphatic rings. The highest BCUT2D eigenvalue weighted by atomic mass is 32.2. The molecule has 4 rings (SSSR count). The number of benzene rings is 2. The van der Waals surface area contributed by atoms with Crippen LogP contribution in [0.2, 0.25) is 0 Å². The molecule has 8 heteroatoms. The van der Waals surface area contributed by atoms with Crippen molar-refractivity contribution < 1.29 is 27.9 Å². The Labute approximate surface area is 204 Å². The van der Waals surface area contributed by atoms with Crippen LogP contribution < -0.4 is 14.8 Å². The maximum atomic E-state index is 12.1. The molecule has 0 atom stereocenters. The molecule has 2 fully saturated rings. The van der Waals surface area contributed by atoms with E-state index in [1.54, 1.807) is 13.2 Å². The van der Waals surface area contributed by atoms with E-state index >= 15 is 0 Å². The molecule has 0 aliphatic heterocycles. The van der Waals surface area contributed by atoms with Crippen LogP contribution in [0.5, 0.6) is 11.5 Å². The summed E-state index contributed by atoms with van der Waals surface area (Å²) in [5.41, 5.74) is 2.98. The van der Waals surface area contributed by atoms with Crippen molar-refractivity contribution in [3.63, 3.8) is 0 Å². The summed E-state index contributed by atoms with van der Waals surface area (Å²) in [7, 11) is -1.85. The lowest BCUT2D eigenvalue weighted by Crippen LogP contribution is -2.27. The van der Waals surface area contributed by atoms with Gasteiger partial charge >= 0.3 is 0 Å². The molecule has 2 aromatic carbocycles. The number of methoxy groups -OCH3 is 2. The molecule has 2 saturated carbocycles. The maximum absolute atomic E-state index is 12.1. The van der Waals surface area contributed by atoms with Crippen LogP contribution >= 0.6 is 7.92 Å². The second-order valence-corrected chi connectivity index (χ2v) is 13.3. The van der Waals surface area contributed by atoms with Crippen molar-refractivity contribution in [1.29, 1.82) is 0 Å². The second-order valence-electron chi connectivity index (χ2n) is 9.16. The minimum absolute atomic E-state index is 0. The van der Waals surface area contributed by atoms with Gasteiger partial charge in [0.05, 0.1) is 19.8 Å². The fourth-order valence-electron chi connectivity index (χ4n) is 5.70. The van der Waals surface area contributed by atoms with Gasteiger partial charge in [-0.25, -0.2) is 0 Å². The Morgan fingerprint density at radius 1 is 0.824 bits per heavy atom. The van der Waals surface area contributed by atoms with E-state index in [4.69, 9.17) is 9.47 Å². The van der Waals surface area contributed by atoms with Crippen molar-refractivity contribution in [2.45, 2.75) is 80.4 Å². The zero-order valence-electron chi connectivity index (χ0n) is 20.1. The highest BCUT2D eigenvalue weighted by Crippen LogP contribution is 2.57. The van der Waals surface area contributed by atoms with Gasteiger partial charge in [0.1, 0.15) is 10.6 Å². The third-order valence-electron chi connectivity index (χ3n) is 7.17. The minimum Gasteiger partial charge on any atom is -0.496 e. The summed E-state index contributed by atoms with van der Waals surface area (Å²) in [5.74, 6) is 0.695. The van der Waals surface area contributed by atoms with Crippen molar-refractivity contribution >= 4 is 23.3 Å². The molecule has 188 valence electrons. The zero-order valence-corrected chi connectivity index (χ0v) is 21.8. The first kappa shape index (κ1) is 26.9. The predicted molar refractivity (Wildman–Crippen MR) is 139 cm³/mol. The highest BCUT2D eigenvalue weighted by Gasteiger charge is 2.35. The fraction of sp³-hybridized carbons (Fsp3) is 0.538. The molecule has 34 heavy (non-hydrogen) atoms. The van der Waals surface area contributed by atoms with Crippen molar-refractivity contribution in [3.8, 4) is 22.6 Å². The molecule has 2 aromatic rings. The highest BCUT2D eigenvalue weighted by molar-refractivity contribution is 7.86. The average molecular weight is 509 g/mol. The van der Waals surface area contributed by atoms with Gasteiger partial charge in [-0.05, 0) is 60.0 Å². The van der Waals surface area contributed by atoms with Crippen molar-refractivity contribution in [2.75, 3.05) is 14.2 Å². The van der Waals surface area contributed by atoms with E-state index in [-0.39, 0.29) is 16.1 Å². The molecule has 0 unspecified atom stereocenters. The third-order valence-corrected chi connectivity index (χ3v) is 11.6.